The number of nitrogens with one attached hydrogen (secondary N) is 2. The normalized spacial score (nSPS) is 13.7. The zero-order chi connectivity index (χ0) is 20.1. The molecule has 7 heteroatoms. The number of aryl methyl sites for hydroxylation is 1. The second kappa shape index (κ2) is 9.47. The molecule has 1 aliphatic rings. The van der Waals surface area contributed by atoms with E-state index in [2.05, 4.69) is 33.2 Å². The fourth-order valence-electron chi connectivity index (χ4n) is 3.11. The Morgan fingerprint density at radius 2 is 1.79 bits per heavy atom. The first-order valence-electron chi connectivity index (χ1n) is 9.22. The van der Waals surface area contributed by atoms with Crippen molar-refractivity contribution < 1.29 is 9.59 Å². The number of thiocarbonyl (C=S) groups is 1. The van der Waals surface area contributed by atoms with Gasteiger partial charge in [-0.15, -0.1) is 0 Å². The Balaban J connectivity index is 1.69. The number of hydrogen-bond acceptors (Lipinski definition) is 3. The minimum atomic E-state index is -0.282. The van der Waals surface area contributed by atoms with Crippen molar-refractivity contribution in [2.24, 2.45) is 0 Å². The Hall–Kier alpha value is -2.00. The SMILES string of the molecule is Cc1ccc(C(=O)NC(=S)Nc2ccccc2C(=O)N2CCCCC2)cc1I. The highest BCUT2D eigenvalue weighted by Crippen LogP contribution is 2.20. The third-order valence-electron chi connectivity index (χ3n) is 4.71. The molecule has 0 bridgehead atoms. The van der Waals surface area contributed by atoms with E-state index in [9.17, 15) is 9.59 Å². The molecule has 5 nitrogen and oxygen atoms in total. The van der Waals surface area contributed by atoms with Crippen molar-refractivity contribution >= 4 is 57.4 Å². The van der Waals surface area contributed by atoms with Gasteiger partial charge in [-0.25, -0.2) is 0 Å². The summed E-state index contributed by atoms with van der Waals surface area (Å²) in [5.74, 6) is -0.291. The molecule has 2 amide bonds. The van der Waals surface area contributed by atoms with E-state index in [4.69, 9.17) is 12.2 Å². The monoisotopic (exact) mass is 507 g/mol. The minimum Gasteiger partial charge on any atom is -0.339 e. The predicted octanol–water partition coefficient (Wildman–Crippen LogP) is 4.35. The third-order valence-corrected chi connectivity index (χ3v) is 6.08. The number of carbonyl (C=O) groups is 2. The van der Waals surface area contributed by atoms with Crippen LogP contribution < -0.4 is 10.6 Å². The van der Waals surface area contributed by atoms with E-state index in [1.165, 1.54) is 0 Å². The van der Waals surface area contributed by atoms with Gasteiger partial charge >= 0.3 is 0 Å². The van der Waals surface area contributed by atoms with Crippen LogP contribution in [0.1, 0.15) is 45.5 Å². The van der Waals surface area contributed by atoms with E-state index in [-0.39, 0.29) is 16.9 Å². The summed E-state index contributed by atoms with van der Waals surface area (Å²) >= 11 is 7.50. The van der Waals surface area contributed by atoms with Crippen LogP contribution in [0.25, 0.3) is 0 Å². The minimum absolute atomic E-state index is 0.00925. The van der Waals surface area contributed by atoms with E-state index >= 15 is 0 Å². The first-order chi connectivity index (χ1) is 13.5. The lowest BCUT2D eigenvalue weighted by molar-refractivity contribution is 0.0725. The topological polar surface area (TPSA) is 61.4 Å². The summed E-state index contributed by atoms with van der Waals surface area (Å²) in [6.45, 7) is 3.55. The zero-order valence-corrected chi connectivity index (χ0v) is 18.6. The van der Waals surface area contributed by atoms with E-state index in [1.807, 2.05) is 36.1 Å². The average molecular weight is 507 g/mol. The standard InChI is InChI=1S/C21H22IN3O2S/c1-14-9-10-15(13-17(14)22)19(26)24-21(28)23-18-8-4-3-7-16(18)20(27)25-11-5-2-6-12-25/h3-4,7-10,13H,2,5-6,11-12H2,1H3,(H2,23,24,26,28). The van der Waals surface area contributed by atoms with Crippen LogP contribution in [0, 0.1) is 10.5 Å². The first kappa shape index (κ1) is 20.7. The number of benzene rings is 2. The largest absolute Gasteiger partial charge is 0.339 e. The molecule has 1 saturated heterocycles. The lowest BCUT2D eigenvalue weighted by atomic mass is 10.1. The van der Waals surface area contributed by atoms with Crippen LogP contribution in [0.3, 0.4) is 0 Å². The van der Waals surface area contributed by atoms with Crippen molar-refractivity contribution in [3.63, 3.8) is 0 Å². The quantitative estimate of drug-likeness (QED) is 0.479. The molecule has 0 saturated carbocycles. The van der Waals surface area contributed by atoms with Gasteiger partial charge in [0.05, 0.1) is 11.3 Å². The molecule has 0 radical (unpaired) electrons. The lowest BCUT2D eigenvalue weighted by Crippen LogP contribution is -2.37. The van der Waals surface area contributed by atoms with Crippen LogP contribution in [0.4, 0.5) is 5.69 Å². The number of likely N-dealkylation sites (tertiary alicyclic amines) is 1. The van der Waals surface area contributed by atoms with E-state index in [1.54, 1.807) is 18.2 Å². The fourth-order valence-corrected chi connectivity index (χ4v) is 3.83. The van der Waals surface area contributed by atoms with Gasteiger partial charge in [0.15, 0.2) is 5.11 Å². The Labute approximate surface area is 184 Å². The van der Waals surface area contributed by atoms with Gasteiger partial charge in [-0.05, 0) is 90.8 Å². The highest BCUT2D eigenvalue weighted by molar-refractivity contribution is 14.1. The zero-order valence-electron chi connectivity index (χ0n) is 15.6. The van der Waals surface area contributed by atoms with Crippen LogP contribution in [-0.2, 0) is 0 Å². The highest BCUT2D eigenvalue weighted by Gasteiger charge is 2.21. The molecular weight excluding hydrogens is 485 g/mol. The molecule has 3 rings (SSSR count). The van der Waals surface area contributed by atoms with Gasteiger partial charge in [0.1, 0.15) is 0 Å². The number of anilines is 1. The Kier molecular flexibility index (Phi) is 7.01. The summed E-state index contributed by atoms with van der Waals surface area (Å²) in [5.41, 5.74) is 2.81. The van der Waals surface area contributed by atoms with Crippen molar-refractivity contribution in [1.82, 2.24) is 10.2 Å². The van der Waals surface area contributed by atoms with Crippen LogP contribution in [0.15, 0.2) is 42.5 Å². The van der Waals surface area contributed by atoms with Crippen LogP contribution in [0.2, 0.25) is 0 Å². The molecule has 0 unspecified atom stereocenters. The maximum Gasteiger partial charge on any atom is 0.257 e. The Bertz CT molecular complexity index is 910. The second-order valence-electron chi connectivity index (χ2n) is 6.77. The highest BCUT2D eigenvalue weighted by atomic mass is 127. The molecule has 2 N–H and O–H groups in total. The van der Waals surface area contributed by atoms with Crippen molar-refractivity contribution in [1.29, 1.82) is 0 Å². The summed E-state index contributed by atoms with van der Waals surface area (Å²) < 4.78 is 1.02. The number of hydrogen-bond donors (Lipinski definition) is 2. The van der Waals surface area contributed by atoms with Crippen molar-refractivity contribution in [3.8, 4) is 0 Å². The number of piperidine rings is 1. The van der Waals surface area contributed by atoms with Gasteiger partial charge in [-0.1, -0.05) is 18.2 Å². The maximum absolute atomic E-state index is 12.9. The van der Waals surface area contributed by atoms with Crippen molar-refractivity contribution in [2.75, 3.05) is 18.4 Å². The molecule has 0 spiro atoms. The number of para-hydroxylation sites is 1. The molecule has 28 heavy (non-hydrogen) atoms. The molecule has 0 atom stereocenters. The summed E-state index contributed by atoms with van der Waals surface area (Å²) in [4.78, 5) is 27.2. The molecule has 2 aromatic rings. The number of amides is 2. The van der Waals surface area contributed by atoms with Crippen LogP contribution in [0.5, 0.6) is 0 Å². The molecule has 1 aliphatic heterocycles. The maximum atomic E-state index is 12.9. The number of carbonyl (C=O) groups excluding carboxylic acids is 2. The molecule has 2 aromatic carbocycles. The molecular formula is C21H22IN3O2S. The van der Waals surface area contributed by atoms with E-state index in [0.717, 1.165) is 41.5 Å². The van der Waals surface area contributed by atoms with Gasteiger partial charge in [0.25, 0.3) is 11.8 Å². The van der Waals surface area contributed by atoms with Gasteiger partial charge < -0.3 is 10.2 Å². The summed E-state index contributed by atoms with van der Waals surface area (Å²) in [5, 5.41) is 5.86. The Morgan fingerprint density at radius 1 is 1.07 bits per heavy atom. The molecule has 0 aliphatic carbocycles. The summed E-state index contributed by atoms with van der Waals surface area (Å²) in [7, 11) is 0. The van der Waals surface area contributed by atoms with Crippen molar-refractivity contribution in [3.05, 3.63) is 62.7 Å². The lowest BCUT2D eigenvalue weighted by Gasteiger charge is -2.27. The smallest absolute Gasteiger partial charge is 0.257 e. The van der Waals surface area contributed by atoms with Crippen molar-refractivity contribution in [2.45, 2.75) is 26.2 Å². The predicted molar refractivity (Wildman–Crippen MR) is 124 cm³/mol. The number of nitrogens with zero attached hydrogens (tertiary/aromatic N) is 1. The van der Waals surface area contributed by atoms with Crippen LogP contribution >= 0.6 is 34.8 Å². The van der Waals surface area contributed by atoms with E-state index in [0.29, 0.717) is 16.8 Å². The van der Waals surface area contributed by atoms with Crippen LogP contribution in [-0.4, -0.2) is 34.9 Å². The summed E-state index contributed by atoms with van der Waals surface area (Å²) in [6.07, 6.45) is 3.23. The average Bonchev–Trinajstić information content (AvgIpc) is 2.70. The molecule has 0 aromatic heterocycles. The second-order valence-corrected chi connectivity index (χ2v) is 8.34. The summed E-state index contributed by atoms with van der Waals surface area (Å²) in [6, 6.07) is 12.7. The Morgan fingerprint density at radius 3 is 2.50 bits per heavy atom. The van der Waals surface area contributed by atoms with Gasteiger partial charge in [0.2, 0.25) is 0 Å². The van der Waals surface area contributed by atoms with E-state index < -0.39 is 0 Å². The first-order valence-corrected chi connectivity index (χ1v) is 10.7. The van der Waals surface area contributed by atoms with Gasteiger partial charge in [-0.2, -0.15) is 0 Å². The number of rotatable bonds is 3. The van der Waals surface area contributed by atoms with Gasteiger partial charge in [-0.3, -0.25) is 14.9 Å². The fraction of sp³-hybridized carbons (Fsp3) is 0.286. The molecule has 1 fully saturated rings. The molecule has 146 valence electrons. The third kappa shape index (κ3) is 5.08. The number of halogens is 1. The molecule has 1 heterocycles. The van der Waals surface area contributed by atoms with Gasteiger partial charge in [0, 0.05) is 22.2 Å².